The van der Waals surface area contributed by atoms with E-state index < -0.39 is 0 Å². The second-order valence-corrected chi connectivity index (χ2v) is 9.15. The first-order chi connectivity index (χ1) is 16.1. The molecule has 6 nitrogen and oxygen atoms in total. The largest absolute Gasteiger partial charge is 0.497 e. The van der Waals surface area contributed by atoms with E-state index in [1.807, 2.05) is 29.9 Å². The highest BCUT2D eigenvalue weighted by Crippen LogP contribution is 2.26. The van der Waals surface area contributed by atoms with Gasteiger partial charge in [-0.25, -0.2) is 9.67 Å². The molecule has 0 bridgehead atoms. The Morgan fingerprint density at radius 3 is 2.61 bits per heavy atom. The van der Waals surface area contributed by atoms with Gasteiger partial charge in [-0.3, -0.25) is 4.98 Å². The zero-order valence-electron chi connectivity index (χ0n) is 19.7. The molecule has 0 amide bonds. The summed E-state index contributed by atoms with van der Waals surface area (Å²) in [5.74, 6) is 1.58. The molecule has 6 heteroatoms. The van der Waals surface area contributed by atoms with Crippen molar-refractivity contribution in [2.45, 2.75) is 32.7 Å². The summed E-state index contributed by atoms with van der Waals surface area (Å²) in [6.07, 6.45) is 5.48. The number of nitrogens with zero attached hydrogens (tertiary/aromatic N) is 5. The zero-order chi connectivity index (χ0) is 22.8. The highest BCUT2D eigenvalue weighted by Gasteiger charge is 2.18. The molecule has 5 rings (SSSR count). The molecule has 0 radical (unpaired) electrons. The Hall–Kier alpha value is -3.25. The number of piperidine rings is 1. The number of hydrogen-bond acceptors (Lipinski definition) is 5. The Kier molecular flexibility index (Phi) is 6.09. The Morgan fingerprint density at radius 2 is 1.85 bits per heavy atom. The number of benzene rings is 1. The predicted molar refractivity (Wildman–Crippen MR) is 132 cm³/mol. The fourth-order valence-corrected chi connectivity index (χ4v) is 4.68. The number of rotatable bonds is 6. The number of likely N-dealkylation sites (tertiary alicyclic amines) is 1. The number of aryl methyl sites for hydroxylation is 1. The van der Waals surface area contributed by atoms with Crippen LogP contribution in [0.2, 0.25) is 0 Å². The SMILES string of the molecule is COc1ccc(Cn2nc(C)c3cc(-c4cccc(CC5CCN(C)CC5)n4)cnc32)cc1. The summed E-state index contributed by atoms with van der Waals surface area (Å²) in [5.41, 5.74) is 6.24. The van der Waals surface area contributed by atoms with Crippen LogP contribution in [0.3, 0.4) is 0 Å². The van der Waals surface area contributed by atoms with E-state index in [1.165, 1.54) is 31.6 Å². The van der Waals surface area contributed by atoms with Gasteiger partial charge in [0.2, 0.25) is 0 Å². The third-order valence-electron chi connectivity index (χ3n) is 6.70. The average Bonchev–Trinajstić information content (AvgIpc) is 3.15. The molecule has 1 aromatic carbocycles. The number of ether oxygens (including phenoxy) is 1. The summed E-state index contributed by atoms with van der Waals surface area (Å²) in [4.78, 5) is 12.2. The average molecular weight is 442 g/mol. The lowest BCUT2D eigenvalue weighted by Gasteiger charge is -2.28. The van der Waals surface area contributed by atoms with Gasteiger partial charge >= 0.3 is 0 Å². The Bertz CT molecular complexity index is 1240. The fourth-order valence-electron chi connectivity index (χ4n) is 4.68. The molecule has 3 aromatic heterocycles. The first-order valence-electron chi connectivity index (χ1n) is 11.7. The molecule has 170 valence electrons. The van der Waals surface area contributed by atoms with E-state index in [0.717, 1.165) is 51.6 Å². The lowest BCUT2D eigenvalue weighted by molar-refractivity contribution is 0.218. The van der Waals surface area contributed by atoms with Crippen molar-refractivity contribution < 1.29 is 4.74 Å². The van der Waals surface area contributed by atoms with Crippen LogP contribution in [-0.2, 0) is 13.0 Å². The van der Waals surface area contributed by atoms with E-state index in [0.29, 0.717) is 6.54 Å². The van der Waals surface area contributed by atoms with Crippen molar-refractivity contribution in [1.82, 2.24) is 24.6 Å². The number of methoxy groups -OCH3 is 1. The molecular weight excluding hydrogens is 410 g/mol. The van der Waals surface area contributed by atoms with E-state index in [9.17, 15) is 0 Å². The van der Waals surface area contributed by atoms with E-state index >= 15 is 0 Å². The van der Waals surface area contributed by atoms with E-state index in [2.05, 4.69) is 48.3 Å². The zero-order valence-corrected chi connectivity index (χ0v) is 19.7. The molecule has 33 heavy (non-hydrogen) atoms. The predicted octanol–water partition coefficient (Wildman–Crippen LogP) is 4.74. The van der Waals surface area contributed by atoms with E-state index in [-0.39, 0.29) is 0 Å². The summed E-state index contributed by atoms with van der Waals surface area (Å²) in [5, 5.41) is 5.83. The quantitative estimate of drug-likeness (QED) is 0.432. The van der Waals surface area contributed by atoms with Gasteiger partial charge < -0.3 is 9.64 Å². The molecule has 1 aliphatic heterocycles. The summed E-state index contributed by atoms with van der Waals surface area (Å²) in [7, 11) is 3.89. The Labute approximate surface area is 195 Å². The second-order valence-electron chi connectivity index (χ2n) is 9.15. The van der Waals surface area contributed by atoms with Crippen LogP contribution in [-0.4, -0.2) is 51.9 Å². The molecule has 1 fully saturated rings. The normalized spacial score (nSPS) is 15.2. The van der Waals surface area contributed by atoms with Crippen LogP contribution in [0, 0.1) is 12.8 Å². The first-order valence-corrected chi connectivity index (χ1v) is 11.7. The summed E-state index contributed by atoms with van der Waals surface area (Å²) in [6.45, 7) is 5.09. The Morgan fingerprint density at radius 1 is 1.06 bits per heavy atom. The number of fused-ring (bicyclic) bond motifs is 1. The van der Waals surface area contributed by atoms with Gasteiger partial charge in [0.05, 0.1) is 25.0 Å². The standard InChI is InChI=1S/C27H31N5O/c1-19-25-16-22(26-6-4-5-23(29-26)15-20-11-13-31(2)14-12-20)17-28-27(25)32(30-19)18-21-7-9-24(33-3)10-8-21/h4-10,16-17,20H,11-15,18H2,1-3H3. The van der Waals surface area contributed by atoms with Crippen molar-refractivity contribution in [2.75, 3.05) is 27.2 Å². The van der Waals surface area contributed by atoms with Gasteiger partial charge in [-0.05, 0) is 88.1 Å². The lowest BCUT2D eigenvalue weighted by atomic mass is 9.92. The van der Waals surface area contributed by atoms with E-state index in [4.69, 9.17) is 19.8 Å². The van der Waals surface area contributed by atoms with Crippen LogP contribution in [0.25, 0.3) is 22.3 Å². The molecule has 1 saturated heterocycles. The third-order valence-corrected chi connectivity index (χ3v) is 6.70. The maximum absolute atomic E-state index is 5.26. The van der Waals surface area contributed by atoms with Gasteiger partial charge in [0.25, 0.3) is 0 Å². The maximum Gasteiger partial charge on any atom is 0.158 e. The molecule has 0 atom stereocenters. The maximum atomic E-state index is 5.26. The molecule has 0 N–H and O–H groups in total. The van der Waals surface area contributed by atoms with Crippen LogP contribution >= 0.6 is 0 Å². The first kappa shape index (κ1) is 21.6. The second kappa shape index (κ2) is 9.32. The van der Waals surface area contributed by atoms with Crippen molar-refractivity contribution in [3.8, 4) is 17.0 Å². The van der Waals surface area contributed by atoms with Crippen LogP contribution in [0.1, 0.15) is 29.8 Å². The van der Waals surface area contributed by atoms with Gasteiger partial charge in [-0.15, -0.1) is 0 Å². The minimum Gasteiger partial charge on any atom is -0.497 e. The summed E-state index contributed by atoms with van der Waals surface area (Å²) >= 11 is 0. The molecule has 0 unspecified atom stereocenters. The van der Waals surface area contributed by atoms with E-state index in [1.54, 1.807) is 7.11 Å². The molecule has 4 heterocycles. The smallest absolute Gasteiger partial charge is 0.158 e. The molecule has 4 aromatic rings. The highest BCUT2D eigenvalue weighted by atomic mass is 16.5. The summed E-state index contributed by atoms with van der Waals surface area (Å²) < 4.78 is 7.23. The van der Waals surface area contributed by atoms with Crippen molar-refractivity contribution in [2.24, 2.45) is 5.92 Å². The van der Waals surface area contributed by atoms with Crippen molar-refractivity contribution in [1.29, 1.82) is 0 Å². The molecule has 0 saturated carbocycles. The minimum absolute atomic E-state index is 0.672. The van der Waals surface area contributed by atoms with Crippen molar-refractivity contribution in [3.05, 3.63) is 71.7 Å². The topological polar surface area (TPSA) is 56.1 Å². The van der Waals surface area contributed by atoms with Gasteiger partial charge in [0.15, 0.2) is 5.65 Å². The fraction of sp³-hybridized carbons (Fsp3) is 0.370. The molecule has 0 spiro atoms. The number of hydrogen-bond donors (Lipinski definition) is 0. The van der Waals surface area contributed by atoms with Crippen molar-refractivity contribution >= 4 is 11.0 Å². The van der Waals surface area contributed by atoms with Gasteiger partial charge in [0, 0.05) is 22.8 Å². The molecule has 0 aliphatic carbocycles. The molecule has 1 aliphatic rings. The van der Waals surface area contributed by atoms with Crippen LogP contribution < -0.4 is 4.74 Å². The number of pyridine rings is 2. The monoisotopic (exact) mass is 441 g/mol. The Balaban J connectivity index is 1.38. The highest BCUT2D eigenvalue weighted by molar-refractivity contribution is 5.82. The lowest BCUT2D eigenvalue weighted by Crippen LogP contribution is -2.31. The number of aromatic nitrogens is 4. The van der Waals surface area contributed by atoms with Gasteiger partial charge in [-0.1, -0.05) is 18.2 Å². The molecular formula is C27H31N5O. The van der Waals surface area contributed by atoms with Gasteiger partial charge in [-0.2, -0.15) is 5.10 Å². The van der Waals surface area contributed by atoms with Crippen molar-refractivity contribution in [3.63, 3.8) is 0 Å². The van der Waals surface area contributed by atoms with Crippen LogP contribution in [0.4, 0.5) is 0 Å². The van der Waals surface area contributed by atoms with Crippen LogP contribution in [0.15, 0.2) is 54.7 Å². The summed E-state index contributed by atoms with van der Waals surface area (Å²) in [6, 6.07) is 16.6. The van der Waals surface area contributed by atoms with Crippen LogP contribution in [0.5, 0.6) is 5.75 Å². The van der Waals surface area contributed by atoms with Gasteiger partial charge in [0.1, 0.15) is 5.75 Å². The third kappa shape index (κ3) is 4.76. The minimum atomic E-state index is 0.672.